The molecule has 0 saturated heterocycles. The number of nitrogens with one attached hydrogen (secondary N) is 2. The maximum absolute atomic E-state index is 12.3. The zero-order chi connectivity index (χ0) is 16.2. The van der Waals surface area contributed by atoms with E-state index in [1.54, 1.807) is 17.4 Å². The van der Waals surface area contributed by atoms with Crippen molar-refractivity contribution in [3.05, 3.63) is 52.1 Å². The highest BCUT2D eigenvalue weighted by atomic mass is 32.1. The molecule has 0 aliphatic carbocycles. The minimum absolute atomic E-state index is 0.213. The smallest absolute Gasteiger partial charge is 0.276 e. The largest absolute Gasteiger partial charge is 0.321 e. The van der Waals surface area contributed by atoms with E-state index in [1.807, 2.05) is 36.6 Å². The molecule has 0 radical (unpaired) electrons. The first kappa shape index (κ1) is 15.4. The Hall–Kier alpha value is -2.47. The van der Waals surface area contributed by atoms with Crippen LogP contribution in [0.4, 0.5) is 5.69 Å². The number of thiazole rings is 1. The number of nitrogens with zero attached hydrogens (tertiary/aromatic N) is 2. The molecule has 0 atom stereocenters. The fourth-order valence-corrected chi connectivity index (χ4v) is 2.94. The molecule has 2 heterocycles. The molecule has 0 aliphatic rings. The van der Waals surface area contributed by atoms with Crippen molar-refractivity contribution < 1.29 is 4.79 Å². The summed E-state index contributed by atoms with van der Waals surface area (Å²) in [6.45, 7) is 4.07. The van der Waals surface area contributed by atoms with E-state index in [9.17, 15) is 4.79 Å². The zero-order valence-electron chi connectivity index (χ0n) is 13.1. The summed E-state index contributed by atoms with van der Waals surface area (Å²) in [4.78, 5) is 16.7. The molecule has 6 heteroatoms. The fourth-order valence-electron chi connectivity index (χ4n) is 2.32. The number of H-pyrrole nitrogens is 1. The molecular weight excluding hydrogens is 308 g/mol. The standard InChI is InChI=1S/C17H18N4OS/c1-3-5-14-9-15(21-20-14)17(22)19-13-7-4-6-12(8-13)16-10-23-11(2)18-16/h4,6-10H,3,5H2,1-2H3,(H,19,22)(H,20,21). The van der Waals surface area contributed by atoms with E-state index in [-0.39, 0.29) is 5.91 Å². The third-order valence-electron chi connectivity index (χ3n) is 3.42. The van der Waals surface area contributed by atoms with Gasteiger partial charge >= 0.3 is 0 Å². The minimum atomic E-state index is -0.213. The van der Waals surface area contributed by atoms with E-state index < -0.39 is 0 Å². The zero-order valence-corrected chi connectivity index (χ0v) is 13.9. The summed E-state index contributed by atoms with van der Waals surface area (Å²) in [5, 5.41) is 12.9. The molecule has 1 amide bonds. The van der Waals surface area contributed by atoms with Crippen LogP contribution in [0.5, 0.6) is 0 Å². The number of carbonyl (C=O) groups is 1. The average Bonchev–Trinajstić information content (AvgIpc) is 3.17. The molecule has 3 rings (SSSR count). The number of hydrogen-bond acceptors (Lipinski definition) is 4. The SMILES string of the molecule is CCCc1cc(C(=O)Nc2cccc(-c3csc(C)n3)c2)n[nH]1. The molecule has 1 aromatic carbocycles. The lowest BCUT2D eigenvalue weighted by atomic mass is 10.1. The molecule has 2 aromatic heterocycles. The maximum atomic E-state index is 12.3. The van der Waals surface area contributed by atoms with Gasteiger partial charge in [-0.05, 0) is 31.5 Å². The second-order valence-corrected chi connectivity index (χ2v) is 6.38. The van der Waals surface area contributed by atoms with Crippen molar-refractivity contribution >= 4 is 22.9 Å². The Morgan fingerprint density at radius 1 is 1.35 bits per heavy atom. The van der Waals surface area contributed by atoms with Crippen LogP contribution in [-0.4, -0.2) is 21.1 Å². The molecule has 118 valence electrons. The van der Waals surface area contributed by atoms with Crippen molar-refractivity contribution in [3.63, 3.8) is 0 Å². The van der Waals surface area contributed by atoms with Gasteiger partial charge < -0.3 is 5.32 Å². The summed E-state index contributed by atoms with van der Waals surface area (Å²) in [6, 6.07) is 9.48. The van der Waals surface area contributed by atoms with Gasteiger partial charge in [-0.15, -0.1) is 11.3 Å². The van der Waals surface area contributed by atoms with Crippen LogP contribution in [0.2, 0.25) is 0 Å². The van der Waals surface area contributed by atoms with Gasteiger partial charge in [-0.25, -0.2) is 4.98 Å². The highest BCUT2D eigenvalue weighted by Crippen LogP contribution is 2.24. The summed E-state index contributed by atoms with van der Waals surface area (Å²) in [7, 11) is 0. The molecule has 0 saturated carbocycles. The monoisotopic (exact) mass is 326 g/mol. The quantitative estimate of drug-likeness (QED) is 0.743. The van der Waals surface area contributed by atoms with Crippen LogP contribution in [0.25, 0.3) is 11.3 Å². The fraction of sp³-hybridized carbons (Fsp3) is 0.235. The Balaban J connectivity index is 1.75. The molecule has 0 unspecified atom stereocenters. The topological polar surface area (TPSA) is 70.7 Å². The predicted molar refractivity (Wildman–Crippen MR) is 92.8 cm³/mol. The molecular formula is C17H18N4OS. The number of anilines is 1. The van der Waals surface area contributed by atoms with E-state index in [1.165, 1.54) is 0 Å². The highest BCUT2D eigenvalue weighted by molar-refractivity contribution is 7.09. The number of carbonyl (C=O) groups excluding carboxylic acids is 1. The normalized spacial score (nSPS) is 10.7. The van der Waals surface area contributed by atoms with Crippen LogP contribution in [-0.2, 0) is 6.42 Å². The Morgan fingerprint density at radius 3 is 2.96 bits per heavy atom. The van der Waals surface area contributed by atoms with Gasteiger partial charge in [0.2, 0.25) is 0 Å². The van der Waals surface area contributed by atoms with E-state index >= 15 is 0 Å². The van der Waals surface area contributed by atoms with Gasteiger partial charge in [-0.1, -0.05) is 25.5 Å². The summed E-state index contributed by atoms with van der Waals surface area (Å²) in [5.41, 5.74) is 4.03. The van der Waals surface area contributed by atoms with Gasteiger partial charge in [0, 0.05) is 22.3 Å². The van der Waals surface area contributed by atoms with Crippen molar-refractivity contribution in [2.24, 2.45) is 0 Å². The highest BCUT2D eigenvalue weighted by Gasteiger charge is 2.11. The number of aromatic nitrogens is 3. The van der Waals surface area contributed by atoms with Crippen molar-refractivity contribution in [1.29, 1.82) is 0 Å². The first-order chi connectivity index (χ1) is 11.2. The van der Waals surface area contributed by atoms with Crippen LogP contribution in [0, 0.1) is 6.92 Å². The summed E-state index contributed by atoms with van der Waals surface area (Å²) >= 11 is 1.61. The maximum Gasteiger partial charge on any atom is 0.276 e. The van der Waals surface area contributed by atoms with Crippen molar-refractivity contribution in [2.45, 2.75) is 26.7 Å². The lowest BCUT2D eigenvalue weighted by Crippen LogP contribution is -2.12. The molecule has 0 bridgehead atoms. The van der Waals surface area contributed by atoms with Crippen LogP contribution >= 0.6 is 11.3 Å². The van der Waals surface area contributed by atoms with Gasteiger partial charge in [-0.2, -0.15) is 5.10 Å². The van der Waals surface area contributed by atoms with E-state index in [0.29, 0.717) is 5.69 Å². The summed E-state index contributed by atoms with van der Waals surface area (Å²) in [6.07, 6.45) is 1.90. The third-order valence-corrected chi connectivity index (χ3v) is 4.19. The molecule has 3 aromatic rings. The minimum Gasteiger partial charge on any atom is -0.321 e. The molecule has 0 aliphatic heterocycles. The Kier molecular flexibility index (Phi) is 4.52. The number of hydrogen-bond donors (Lipinski definition) is 2. The molecule has 2 N–H and O–H groups in total. The first-order valence-corrected chi connectivity index (χ1v) is 8.42. The summed E-state index contributed by atoms with van der Waals surface area (Å²) in [5.74, 6) is -0.213. The average molecular weight is 326 g/mol. The lowest BCUT2D eigenvalue weighted by molar-refractivity contribution is 0.102. The predicted octanol–water partition coefficient (Wildman–Crippen LogP) is 4.05. The van der Waals surface area contributed by atoms with E-state index in [0.717, 1.165) is 40.5 Å². The second-order valence-electron chi connectivity index (χ2n) is 5.32. The van der Waals surface area contributed by atoms with Gasteiger partial charge in [0.15, 0.2) is 5.69 Å². The Labute approximate surface area is 138 Å². The van der Waals surface area contributed by atoms with Gasteiger partial charge in [0.25, 0.3) is 5.91 Å². The molecule has 23 heavy (non-hydrogen) atoms. The van der Waals surface area contributed by atoms with Crippen LogP contribution in [0.3, 0.4) is 0 Å². The Morgan fingerprint density at radius 2 is 2.22 bits per heavy atom. The summed E-state index contributed by atoms with van der Waals surface area (Å²) < 4.78 is 0. The van der Waals surface area contributed by atoms with Gasteiger partial charge in [0.1, 0.15) is 0 Å². The van der Waals surface area contributed by atoms with Crippen molar-refractivity contribution in [1.82, 2.24) is 15.2 Å². The van der Waals surface area contributed by atoms with Crippen molar-refractivity contribution in [3.8, 4) is 11.3 Å². The van der Waals surface area contributed by atoms with Gasteiger partial charge in [0.05, 0.1) is 10.7 Å². The first-order valence-electron chi connectivity index (χ1n) is 7.54. The van der Waals surface area contributed by atoms with Crippen LogP contribution in [0.1, 0.15) is 34.5 Å². The molecule has 0 fully saturated rings. The molecule has 5 nitrogen and oxygen atoms in total. The van der Waals surface area contributed by atoms with Crippen LogP contribution in [0.15, 0.2) is 35.7 Å². The Bertz CT molecular complexity index is 821. The van der Waals surface area contributed by atoms with Gasteiger partial charge in [-0.3, -0.25) is 9.89 Å². The molecule has 0 spiro atoms. The van der Waals surface area contributed by atoms with Crippen LogP contribution < -0.4 is 5.32 Å². The number of aromatic amines is 1. The van der Waals surface area contributed by atoms with E-state index in [2.05, 4.69) is 27.4 Å². The number of aryl methyl sites for hydroxylation is 2. The number of amides is 1. The third kappa shape index (κ3) is 3.65. The lowest BCUT2D eigenvalue weighted by Gasteiger charge is -2.05. The number of benzene rings is 1. The van der Waals surface area contributed by atoms with Crippen molar-refractivity contribution in [2.75, 3.05) is 5.32 Å². The second kappa shape index (κ2) is 6.75. The van der Waals surface area contributed by atoms with E-state index in [4.69, 9.17) is 0 Å². The number of rotatable bonds is 5.